The first-order chi connectivity index (χ1) is 9.38. The predicted octanol–water partition coefficient (Wildman–Crippen LogP) is 3.66. The van der Waals surface area contributed by atoms with Crippen LogP contribution >= 0.6 is 11.6 Å². The maximum absolute atomic E-state index is 12.2. The zero-order chi connectivity index (χ0) is 14.8. The molecule has 1 aromatic heterocycles. The van der Waals surface area contributed by atoms with Crippen molar-refractivity contribution in [1.29, 1.82) is 0 Å². The Bertz CT molecular complexity index is 697. The summed E-state index contributed by atoms with van der Waals surface area (Å²) in [5.74, 6) is 0.555. The molecule has 0 aliphatic rings. The van der Waals surface area contributed by atoms with E-state index in [0.717, 1.165) is 5.56 Å². The topological polar surface area (TPSA) is 59.1 Å². The summed E-state index contributed by atoms with van der Waals surface area (Å²) in [4.78, 5) is 4.12. The third-order valence-electron chi connectivity index (χ3n) is 2.82. The Hall–Kier alpha value is -1.59. The maximum Gasteiger partial charge on any atom is 0.263 e. The quantitative estimate of drug-likeness (QED) is 0.937. The third kappa shape index (κ3) is 3.49. The molecule has 20 heavy (non-hydrogen) atoms. The second-order valence-electron chi connectivity index (χ2n) is 4.69. The lowest BCUT2D eigenvalue weighted by Crippen LogP contribution is -2.13. The highest BCUT2D eigenvalue weighted by Crippen LogP contribution is 2.20. The van der Waals surface area contributed by atoms with Crippen molar-refractivity contribution >= 4 is 27.4 Å². The fraction of sp³-hybridized carbons (Fsp3) is 0.214. The van der Waals surface area contributed by atoms with Crippen LogP contribution in [0.5, 0.6) is 0 Å². The van der Waals surface area contributed by atoms with E-state index in [-0.39, 0.29) is 10.7 Å². The van der Waals surface area contributed by atoms with E-state index in [1.807, 2.05) is 12.1 Å². The molecular formula is C14H15ClN2O2S. The Morgan fingerprint density at radius 3 is 2.35 bits per heavy atom. The van der Waals surface area contributed by atoms with E-state index in [9.17, 15) is 8.42 Å². The van der Waals surface area contributed by atoms with E-state index in [2.05, 4.69) is 23.6 Å². The van der Waals surface area contributed by atoms with Gasteiger partial charge in [0.05, 0.1) is 4.90 Å². The van der Waals surface area contributed by atoms with Crippen LogP contribution in [0.3, 0.4) is 0 Å². The van der Waals surface area contributed by atoms with Gasteiger partial charge in [0.2, 0.25) is 0 Å². The van der Waals surface area contributed by atoms with Crippen molar-refractivity contribution in [2.75, 3.05) is 4.72 Å². The molecule has 0 spiro atoms. The van der Waals surface area contributed by atoms with E-state index < -0.39 is 10.0 Å². The van der Waals surface area contributed by atoms with Crippen molar-refractivity contribution < 1.29 is 8.42 Å². The summed E-state index contributed by atoms with van der Waals surface area (Å²) in [6, 6.07) is 9.83. The second-order valence-corrected chi connectivity index (χ2v) is 6.81. The van der Waals surface area contributed by atoms with Gasteiger partial charge in [-0.2, -0.15) is 0 Å². The molecular weight excluding hydrogens is 296 g/mol. The van der Waals surface area contributed by atoms with Crippen molar-refractivity contribution in [3.63, 3.8) is 0 Å². The van der Waals surface area contributed by atoms with Crippen LogP contribution in [0, 0.1) is 0 Å². The van der Waals surface area contributed by atoms with Crippen LogP contribution in [0.4, 0.5) is 5.82 Å². The molecule has 1 N–H and O–H groups in total. The van der Waals surface area contributed by atoms with E-state index in [1.165, 1.54) is 12.3 Å². The first kappa shape index (κ1) is 14.8. The number of sulfonamides is 1. The van der Waals surface area contributed by atoms with Crippen LogP contribution in [-0.4, -0.2) is 13.4 Å². The number of rotatable bonds is 4. The molecule has 6 heteroatoms. The molecule has 106 valence electrons. The smallest absolute Gasteiger partial charge is 0.263 e. The fourth-order valence-corrected chi connectivity index (χ4v) is 2.85. The van der Waals surface area contributed by atoms with Gasteiger partial charge in [-0.15, -0.1) is 0 Å². The minimum Gasteiger partial charge on any atom is -0.263 e. The molecule has 4 nitrogen and oxygen atoms in total. The number of halogens is 1. The van der Waals surface area contributed by atoms with Crippen molar-refractivity contribution in [3.8, 4) is 0 Å². The molecule has 0 aliphatic heterocycles. The highest BCUT2D eigenvalue weighted by molar-refractivity contribution is 7.92. The molecule has 0 atom stereocenters. The summed E-state index contributed by atoms with van der Waals surface area (Å²) in [5, 5.41) is 0.424. The molecule has 0 saturated heterocycles. The standard InChI is InChI=1S/C14H15ClN2O2S/c1-10(2)11-3-5-13(6-4-11)20(18,19)17-14-9-12(15)7-8-16-14/h3-10H,1-2H3,(H,16,17). The molecule has 1 aromatic carbocycles. The van der Waals surface area contributed by atoms with Gasteiger partial charge in [-0.1, -0.05) is 37.6 Å². The number of nitrogens with zero attached hydrogens (tertiary/aromatic N) is 1. The lowest BCUT2D eigenvalue weighted by atomic mass is 10.0. The van der Waals surface area contributed by atoms with E-state index in [4.69, 9.17) is 11.6 Å². The molecule has 0 bridgehead atoms. The summed E-state index contributed by atoms with van der Waals surface area (Å²) in [6.07, 6.45) is 1.45. The molecule has 0 unspecified atom stereocenters. The van der Waals surface area contributed by atoms with Crippen LogP contribution in [0.2, 0.25) is 5.02 Å². The number of aromatic nitrogens is 1. The van der Waals surface area contributed by atoms with Crippen LogP contribution in [0.1, 0.15) is 25.3 Å². The molecule has 0 amide bonds. The number of benzene rings is 1. The van der Waals surface area contributed by atoms with Crippen LogP contribution in [0.15, 0.2) is 47.5 Å². The van der Waals surface area contributed by atoms with Crippen molar-refractivity contribution in [2.24, 2.45) is 0 Å². The highest BCUT2D eigenvalue weighted by atomic mass is 35.5. The minimum atomic E-state index is -3.64. The first-order valence-corrected chi connectivity index (χ1v) is 7.99. The van der Waals surface area contributed by atoms with Gasteiger partial charge in [-0.25, -0.2) is 13.4 Å². The number of hydrogen-bond acceptors (Lipinski definition) is 3. The molecule has 0 saturated carbocycles. The number of pyridine rings is 1. The molecule has 2 rings (SSSR count). The number of nitrogens with one attached hydrogen (secondary N) is 1. The Balaban J connectivity index is 2.26. The summed E-state index contributed by atoms with van der Waals surface area (Å²) >= 11 is 5.80. The van der Waals surface area contributed by atoms with Gasteiger partial charge < -0.3 is 0 Å². The molecule has 0 fully saturated rings. The van der Waals surface area contributed by atoms with Crippen molar-refractivity contribution in [3.05, 3.63) is 53.2 Å². The Morgan fingerprint density at radius 2 is 1.80 bits per heavy atom. The maximum atomic E-state index is 12.2. The Kier molecular flexibility index (Phi) is 4.30. The van der Waals surface area contributed by atoms with Crippen LogP contribution in [-0.2, 0) is 10.0 Å². The van der Waals surface area contributed by atoms with Crippen LogP contribution < -0.4 is 4.72 Å². The van der Waals surface area contributed by atoms with Crippen molar-refractivity contribution in [1.82, 2.24) is 4.98 Å². The Morgan fingerprint density at radius 1 is 1.15 bits per heavy atom. The average Bonchev–Trinajstić information content (AvgIpc) is 2.38. The highest BCUT2D eigenvalue weighted by Gasteiger charge is 2.15. The largest absolute Gasteiger partial charge is 0.263 e. The lowest BCUT2D eigenvalue weighted by molar-refractivity contribution is 0.601. The summed E-state index contributed by atoms with van der Waals surface area (Å²) in [7, 11) is -3.64. The molecule has 0 aliphatic carbocycles. The number of hydrogen-bond donors (Lipinski definition) is 1. The Labute approximate surface area is 123 Å². The van der Waals surface area contributed by atoms with Gasteiger partial charge in [0.25, 0.3) is 10.0 Å². The van der Waals surface area contributed by atoms with Gasteiger partial charge in [0.15, 0.2) is 0 Å². The van der Waals surface area contributed by atoms with Crippen LogP contribution in [0.25, 0.3) is 0 Å². The van der Waals surface area contributed by atoms with E-state index in [0.29, 0.717) is 10.9 Å². The summed E-state index contributed by atoms with van der Waals surface area (Å²) in [5.41, 5.74) is 1.09. The fourth-order valence-electron chi connectivity index (χ4n) is 1.69. The first-order valence-electron chi connectivity index (χ1n) is 6.13. The van der Waals surface area contributed by atoms with Gasteiger partial charge in [-0.3, -0.25) is 4.72 Å². The van der Waals surface area contributed by atoms with E-state index in [1.54, 1.807) is 18.2 Å². The minimum absolute atomic E-state index is 0.198. The predicted molar refractivity (Wildman–Crippen MR) is 80.6 cm³/mol. The summed E-state index contributed by atoms with van der Waals surface area (Å²) in [6.45, 7) is 4.11. The van der Waals surface area contributed by atoms with Gasteiger partial charge in [-0.05, 0) is 29.7 Å². The zero-order valence-electron chi connectivity index (χ0n) is 11.2. The molecule has 2 aromatic rings. The molecule has 0 radical (unpaired) electrons. The summed E-state index contributed by atoms with van der Waals surface area (Å²) < 4.78 is 26.8. The zero-order valence-corrected chi connectivity index (χ0v) is 12.7. The molecule has 1 heterocycles. The number of anilines is 1. The monoisotopic (exact) mass is 310 g/mol. The van der Waals surface area contributed by atoms with Gasteiger partial charge >= 0.3 is 0 Å². The lowest BCUT2D eigenvalue weighted by Gasteiger charge is -2.09. The van der Waals surface area contributed by atoms with Gasteiger partial charge in [0, 0.05) is 17.3 Å². The van der Waals surface area contributed by atoms with Crippen molar-refractivity contribution in [2.45, 2.75) is 24.7 Å². The second kappa shape index (κ2) is 5.81. The third-order valence-corrected chi connectivity index (χ3v) is 4.42. The average molecular weight is 311 g/mol. The van der Waals surface area contributed by atoms with E-state index >= 15 is 0 Å². The SMILES string of the molecule is CC(C)c1ccc(S(=O)(=O)Nc2cc(Cl)ccn2)cc1. The van der Waals surface area contributed by atoms with Gasteiger partial charge in [0.1, 0.15) is 5.82 Å². The normalized spacial score (nSPS) is 11.6.